The van der Waals surface area contributed by atoms with E-state index in [-0.39, 0.29) is 24.3 Å². The Bertz CT molecular complexity index is 940. The van der Waals surface area contributed by atoms with Crippen molar-refractivity contribution in [1.29, 1.82) is 0 Å². The van der Waals surface area contributed by atoms with Gasteiger partial charge in [0.2, 0.25) is 35.4 Å². The lowest BCUT2D eigenvalue weighted by Crippen LogP contribution is -2.58. The Kier molecular flexibility index (Phi) is 13.4. The summed E-state index contributed by atoms with van der Waals surface area (Å²) >= 11 is 0. The molecule has 0 aromatic carbocycles. The maximum absolute atomic E-state index is 13.0. The van der Waals surface area contributed by atoms with Crippen LogP contribution in [0.1, 0.15) is 60.8 Å². The summed E-state index contributed by atoms with van der Waals surface area (Å²) in [7, 11) is 0. The zero-order chi connectivity index (χ0) is 29.9. The van der Waals surface area contributed by atoms with Crippen molar-refractivity contribution in [2.24, 2.45) is 11.8 Å². The van der Waals surface area contributed by atoms with E-state index < -0.39 is 72.8 Å². The number of carbonyl (C=O) groups excluding carboxylic acids is 6. The van der Waals surface area contributed by atoms with Crippen LogP contribution >= 0.6 is 0 Å². The molecule has 6 N–H and O–H groups in total. The number of aliphatic carboxylic acids is 1. The van der Waals surface area contributed by atoms with Crippen LogP contribution in [0.15, 0.2) is 0 Å². The van der Waals surface area contributed by atoms with Crippen LogP contribution in [0.4, 0.5) is 0 Å². The Morgan fingerprint density at radius 3 is 2.05 bits per heavy atom. The van der Waals surface area contributed by atoms with Gasteiger partial charge in [0.05, 0.1) is 6.54 Å². The van der Waals surface area contributed by atoms with Crippen LogP contribution in [0.25, 0.3) is 0 Å². The average Bonchev–Trinajstić information content (AvgIpc) is 3.36. The van der Waals surface area contributed by atoms with Crippen molar-refractivity contribution in [1.82, 2.24) is 31.5 Å². The van der Waals surface area contributed by atoms with Gasteiger partial charge in [0.25, 0.3) is 0 Å². The Morgan fingerprint density at radius 2 is 1.51 bits per heavy atom. The molecule has 0 spiro atoms. The molecule has 1 heterocycles. The number of likely N-dealkylation sites (tertiary alicyclic amines) is 1. The number of nitrogens with one attached hydrogen (secondary N) is 5. The smallest absolute Gasteiger partial charge is 0.322 e. The first-order chi connectivity index (χ1) is 18.2. The van der Waals surface area contributed by atoms with Crippen LogP contribution in [0, 0.1) is 11.8 Å². The molecular weight excluding hydrogens is 512 g/mol. The fraction of sp³-hybridized carbons (Fsp3) is 0.720. The van der Waals surface area contributed by atoms with Crippen LogP contribution in [0.3, 0.4) is 0 Å². The molecule has 220 valence electrons. The zero-order valence-electron chi connectivity index (χ0n) is 23.5. The summed E-state index contributed by atoms with van der Waals surface area (Å²) in [6, 6.07) is -3.68. The number of hydrogen-bond donors (Lipinski definition) is 6. The van der Waals surface area contributed by atoms with E-state index in [1.807, 2.05) is 6.92 Å². The molecule has 1 fully saturated rings. The molecule has 6 amide bonds. The van der Waals surface area contributed by atoms with Crippen molar-refractivity contribution in [3.05, 3.63) is 0 Å². The summed E-state index contributed by atoms with van der Waals surface area (Å²) in [6.07, 6.45) is 1.55. The van der Waals surface area contributed by atoms with Crippen molar-refractivity contribution in [3.8, 4) is 0 Å². The molecule has 0 radical (unpaired) electrons. The van der Waals surface area contributed by atoms with Crippen molar-refractivity contribution in [3.63, 3.8) is 0 Å². The van der Waals surface area contributed by atoms with Gasteiger partial charge in [-0.3, -0.25) is 33.6 Å². The minimum absolute atomic E-state index is 0.163. The zero-order valence-corrected chi connectivity index (χ0v) is 23.5. The first kappa shape index (κ1) is 33.3. The van der Waals surface area contributed by atoms with E-state index in [1.165, 1.54) is 18.7 Å². The maximum Gasteiger partial charge on any atom is 0.322 e. The summed E-state index contributed by atoms with van der Waals surface area (Å²) in [5.41, 5.74) is 0. The maximum atomic E-state index is 13.0. The lowest BCUT2D eigenvalue weighted by Gasteiger charge is -2.29. The molecule has 1 saturated heterocycles. The van der Waals surface area contributed by atoms with Crippen LogP contribution in [-0.2, 0) is 33.6 Å². The van der Waals surface area contributed by atoms with Crippen molar-refractivity contribution in [2.45, 2.75) is 85.0 Å². The van der Waals surface area contributed by atoms with Gasteiger partial charge in [-0.2, -0.15) is 0 Å². The summed E-state index contributed by atoms with van der Waals surface area (Å²) in [6.45, 7) is 9.13. The van der Waals surface area contributed by atoms with E-state index in [4.69, 9.17) is 5.11 Å². The topological polar surface area (TPSA) is 203 Å². The van der Waals surface area contributed by atoms with Gasteiger partial charge in [0.15, 0.2) is 0 Å². The average molecular weight is 555 g/mol. The fourth-order valence-electron chi connectivity index (χ4n) is 4.15. The molecule has 0 aromatic rings. The lowest BCUT2D eigenvalue weighted by molar-refractivity contribution is -0.142. The van der Waals surface area contributed by atoms with Crippen molar-refractivity contribution >= 4 is 41.4 Å². The molecule has 0 aromatic heterocycles. The van der Waals surface area contributed by atoms with Crippen LogP contribution < -0.4 is 26.6 Å². The van der Waals surface area contributed by atoms with Gasteiger partial charge in [-0.05, 0) is 31.6 Å². The second kappa shape index (κ2) is 15.6. The van der Waals surface area contributed by atoms with Gasteiger partial charge >= 0.3 is 5.97 Å². The molecule has 5 atom stereocenters. The minimum Gasteiger partial charge on any atom is -0.480 e. The van der Waals surface area contributed by atoms with Crippen molar-refractivity contribution in [2.75, 3.05) is 19.6 Å². The van der Waals surface area contributed by atoms with Crippen molar-refractivity contribution < 1.29 is 38.7 Å². The summed E-state index contributed by atoms with van der Waals surface area (Å²) in [4.78, 5) is 86.9. The highest BCUT2D eigenvalue weighted by atomic mass is 16.4. The molecule has 14 nitrogen and oxygen atoms in total. The Morgan fingerprint density at radius 1 is 0.872 bits per heavy atom. The standard InChI is InChI=1S/C25H42N6O8/c1-7-14(4)21(29-16(6)32)23(37)26-11-18(33)30-20(13(2)3)24(38)28-15(5)25(39)31-10-8-9-17(31)22(36)27-12-19(34)35/h13-15,17,20-21H,7-12H2,1-6H3,(H,26,37)(H,27,36)(H,28,38)(H,29,32)(H,30,33)(H,34,35)/t14-,15-,17-,20-,21-/m0/s1. The van der Waals surface area contributed by atoms with Gasteiger partial charge in [-0.15, -0.1) is 0 Å². The van der Waals surface area contributed by atoms with E-state index in [2.05, 4.69) is 26.6 Å². The molecule has 39 heavy (non-hydrogen) atoms. The van der Waals surface area contributed by atoms with Gasteiger partial charge in [-0.1, -0.05) is 34.1 Å². The SMILES string of the molecule is CC[C@H](C)[C@H](NC(C)=O)C(=O)NCC(=O)N[C@H](C(=O)N[C@@H](C)C(=O)N1CCC[C@H]1C(=O)NCC(=O)O)C(C)C. The van der Waals surface area contributed by atoms with Gasteiger partial charge < -0.3 is 36.6 Å². The monoisotopic (exact) mass is 554 g/mol. The third-order valence-corrected chi connectivity index (χ3v) is 6.52. The van der Waals surface area contributed by atoms with E-state index in [0.29, 0.717) is 19.3 Å². The van der Waals surface area contributed by atoms with E-state index in [0.717, 1.165) is 0 Å². The number of carboxylic acid groups (broad SMARTS) is 1. The number of carboxylic acids is 1. The van der Waals surface area contributed by atoms with Crippen LogP contribution in [0.2, 0.25) is 0 Å². The quantitative estimate of drug-likeness (QED) is 0.149. The Hall–Kier alpha value is -3.71. The molecule has 0 bridgehead atoms. The molecule has 1 aliphatic heterocycles. The second-order valence-corrected chi connectivity index (χ2v) is 10.1. The van der Waals surface area contributed by atoms with E-state index in [1.54, 1.807) is 20.8 Å². The molecule has 1 aliphatic rings. The third kappa shape index (κ3) is 10.5. The molecule has 14 heteroatoms. The van der Waals surface area contributed by atoms with Gasteiger partial charge in [0.1, 0.15) is 30.7 Å². The highest BCUT2D eigenvalue weighted by Gasteiger charge is 2.37. The summed E-state index contributed by atoms with van der Waals surface area (Å²) < 4.78 is 0. The second-order valence-electron chi connectivity index (χ2n) is 10.1. The van der Waals surface area contributed by atoms with Gasteiger partial charge in [-0.25, -0.2) is 0 Å². The normalized spacial score (nSPS) is 17.8. The number of rotatable bonds is 14. The third-order valence-electron chi connectivity index (χ3n) is 6.52. The first-order valence-electron chi connectivity index (χ1n) is 13.1. The fourth-order valence-corrected chi connectivity index (χ4v) is 4.15. The molecular formula is C25H42N6O8. The summed E-state index contributed by atoms with van der Waals surface area (Å²) in [5, 5.41) is 21.2. The Labute approximate surface area is 228 Å². The van der Waals surface area contributed by atoms with E-state index in [9.17, 15) is 33.6 Å². The molecule has 0 saturated carbocycles. The lowest BCUT2D eigenvalue weighted by atomic mass is 9.98. The van der Waals surface area contributed by atoms with Gasteiger partial charge in [0, 0.05) is 13.5 Å². The minimum atomic E-state index is -1.20. The largest absolute Gasteiger partial charge is 0.480 e. The number of nitrogens with zero attached hydrogens (tertiary/aromatic N) is 1. The number of amides is 6. The predicted octanol–water partition coefficient (Wildman–Crippen LogP) is -1.51. The highest BCUT2D eigenvalue weighted by molar-refractivity contribution is 5.96. The number of carbonyl (C=O) groups is 7. The molecule has 1 rings (SSSR count). The predicted molar refractivity (Wildman–Crippen MR) is 140 cm³/mol. The number of hydrogen-bond acceptors (Lipinski definition) is 7. The van der Waals surface area contributed by atoms with E-state index >= 15 is 0 Å². The highest BCUT2D eigenvalue weighted by Crippen LogP contribution is 2.18. The van der Waals surface area contributed by atoms with Crippen LogP contribution in [0.5, 0.6) is 0 Å². The van der Waals surface area contributed by atoms with Crippen LogP contribution in [-0.4, -0.2) is 95.2 Å². The Balaban J connectivity index is 2.75. The summed E-state index contributed by atoms with van der Waals surface area (Å²) in [5.74, 6) is -4.96. The molecule has 0 unspecified atom stereocenters. The first-order valence-corrected chi connectivity index (χ1v) is 13.1. The molecule has 0 aliphatic carbocycles.